The van der Waals surface area contributed by atoms with E-state index in [1.807, 2.05) is 18.5 Å². The van der Waals surface area contributed by atoms with Gasteiger partial charge in [0.1, 0.15) is 11.6 Å². The van der Waals surface area contributed by atoms with Crippen LogP contribution in [0.4, 0.5) is 17.1 Å². The Hall–Kier alpha value is -5.94. The average molecular weight is 622 g/mol. The van der Waals surface area contributed by atoms with Gasteiger partial charge < -0.3 is 4.90 Å². The zero-order chi connectivity index (χ0) is 32.6. The Labute approximate surface area is 280 Å². The molecule has 0 spiro atoms. The molecule has 8 aromatic rings. The SMILES string of the molecule is Cc1cccc(C)c1-n1ccnc1-c1ccc2c(c1)N(c1ccc3c4ccccc4n(-c4ccccn4)c3c1)c1ccccc1C2(C)C. The topological polar surface area (TPSA) is 38.9 Å². The predicted octanol–water partition coefficient (Wildman–Crippen LogP) is 10.8. The number of para-hydroxylation sites is 3. The van der Waals surface area contributed by atoms with E-state index in [1.54, 1.807) is 0 Å². The largest absolute Gasteiger partial charge is 0.310 e. The summed E-state index contributed by atoms with van der Waals surface area (Å²) >= 11 is 0. The lowest BCUT2D eigenvalue weighted by molar-refractivity contribution is 0.632. The highest BCUT2D eigenvalue weighted by Crippen LogP contribution is 2.53. The van der Waals surface area contributed by atoms with Gasteiger partial charge in [-0.15, -0.1) is 0 Å². The van der Waals surface area contributed by atoms with Gasteiger partial charge in [0.25, 0.3) is 0 Å². The molecule has 232 valence electrons. The van der Waals surface area contributed by atoms with Crippen molar-refractivity contribution in [3.63, 3.8) is 0 Å². The molecule has 0 atom stereocenters. The third-order valence-electron chi connectivity index (χ3n) is 10.1. The lowest BCUT2D eigenvalue weighted by atomic mass is 9.73. The first kappa shape index (κ1) is 28.3. The van der Waals surface area contributed by atoms with Gasteiger partial charge in [0.2, 0.25) is 0 Å². The Balaban J connectivity index is 1.30. The maximum atomic E-state index is 4.92. The fourth-order valence-corrected chi connectivity index (χ4v) is 7.85. The van der Waals surface area contributed by atoms with Crippen LogP contribution in [0.5, 0.6) is 0 Å². The summed E-state index contributed by atoms with van der Waals surface area (Å²) < 4.78 is 4.52. The molecule has 1 aliphatic heterocycles. The van der Waals surface area contributed by atoms with E-state index in [0.29, 0.717) is 0 Å². The monoisotopic (exact) mass is 621 g/mol. The normalized spacial score (nSPS) is 13.5. The average Bonchev–Trinajstić information content (AvgIpc) is 3.71. The van der Waals surface area contributed by atoms with E-state index in [1.165, 1.54) is 44.4 Å². The van der Waals surface area contributed by atoms with Gasteiger partial charge in [-0.05, 0) is 78.6 Å². The summed E-state index contributed by atoms with van der Waals surface area (Å²) in [7, 11) is 0. The van der Waals surface area contributed by atoms with Crippen molar-refractivity contribution in [3.8, 4) is 22.9 Å². The lowest BCUT2D eigenvalue weighted by Crippen LogP contribution is -2.30. The lowest BCUT2D eigenvalue weighted by Gasteiger charge is -2.42. The van der Waals surface area contributed by atoms with Crippen LogP contribution in [0.2, 0.25) is 0 Å². The quantitative estimate of drug-likeness (QED) is 0.196. The number of rotatable bonds is 4. The molecule has 5 nitrogen and oxygen atoms in total. The van der Waals surface area contributed by atoms with Gasteiger partial charge in [0.05, 0.1) is 28.1 Å². The molecule has 5 heteroatoms. The molecule has 1 aliphatic rings. The van der Waals surface area contributed by atoms with Crippen LogP contribution in [-0.2, 0) is 5.41 Å². The molecule has 0 saturated carbocycles. The minimum atomic E-state index is -0.198. The summed E-state index contributed by atoms with van der Waals surface area (Å²) in [4.78, 5) is 12.1. The van der Waals surface area contributed by atoms with Crippen molar-refractivity contribution in [2.24, 2.45) is 0 Å². The van der Waals surface area contributed by atoms with Gasteiger partial charge in [-0.3, -0.25) is 9.13 Å². The van der Waals surface area contributed by atoms with Crippen molar-refractivity contribution in [3.05, 3.63) is 162 Å². The van der Waals surface area contributed by atoms with E-state index < -0.39 is 0 Å². The van der Waals surface area contributed by atoms with Crippen LogP contribution in [0.3, 0.4) is 0 Å². The number of aryl methyl sites for hydroxylation is 2. The molecule has 0 aliphatic carbocycles. The maximum absolute atomic E-state index is 4.92. The van der Waals surface area contributed by atoms with Crippen LogP contribution in [0, 0.1) is 13.8 Å². The minimum Gasteiger partial charge on any atom is -0.310 e. The minimum absolute atomic E-state index is 0.198. The molecule has 0 radical (unpaired) electrons. The van der Waals surface area contributed by atoms with Crippen LogP contribution >= 0.6 is 0 Å². The predicted molar refractivity (Wildman–Crippen MR) is 197 cm³/mol. The van der Waals surface area contributed by atoms with E-state index in [4.69, 9.17) is 9.97 Å². The molecular formula is C43H35N5. The molecule has 0 fully saturated rings. The fourth-order valence-electron chi connectivity index (χ4n) is 7.85. The maximum Gasteiger partial charge on any atom is 0.144 e. The molecule has 4 heterocycles. The number of hydrogen-bond acceptors (Lipinski definition) is 3. The van der Waals surface area contributed by atoms with E-state index >= 15 is 0 Å². The second kappa shape index (κ2) is 10.5. The number of fused-ring (bicyclic) bond motifs is 5. The molecule has 3 aromatic heterocycles. The molecule has 48 heavy (non-hydrogen) atoms. The van der Waals surface area contributed by atoms with Crippen molar-refractivity contribution in [2.45, 2.75) is 33.1 Å². The molecule has 9 rings (SSSR count). The summed E-state index contributed by atoms with van der Waals surface area (Å²) in [6, 6.07) is 43.7. The number of nitrogens with zero attached hydrogens (tertiary/aromatic N) is 5. The van der Waals surface area contributed by atoms with Crippen LogP contribution in [0.1, 0.15) is 36.1 Å². The summed E-state index contributed by atoms with van der Waals surface area (Å²) in [6.45, 7) is 9.00. The van der Waals surface area contributed by atoms with Crippen molar-refractivity contribution in [1.29, 1.82) is 0 Å². The first-order valence-electron chi connectivity index (χ1n) is 16.5. The van der Waals surface area contributed by atoms with Crippen LogP contribution < -0.4 is 4.90 Å². The highest BCUT2D eigenvalue weighted by Gasteiger charge is 2.37. The molecule has 5 aromatic carbocycles. The van der Waals surface area contributed by atoms with Crippen molar-refractivity contribution < 1.29 is 0 Å². The Kier molecular flexibility index (Phi) is 6.21. The molecule has 0 unspecified atom stereocenters. The van der Waals surface area contributed by atoms with E-state index in [-0.39, 0.29) is 5.41 Å². The van der Waals surface area contributed by atoms with Crippen LogP contribution in [0.25, 0.3) is 44.7 Å². The summed E-state index contributed by atoms with van der Waals surface area (Å²) in [5.74, 6) is 1.83. The van der Waals surface area contributed by atoms with Crippen molar-refractivity contribution in [2.75, 3.05) is 4.90 Å². The van der Waals surface area contributed by atoms with Crippen LogP contribution in [-0.4, -0.2) is 19.1 Å². The Morgan fingerprint density at radius 3 is 2.17 bits per heavy atom. The van der Waals surface area contributed by atoms with Gasteiger partial charge in [-0.25, -0.2) is 9.97 Å². The van der Waals surface area contributed by atoms with Gasteiger partial charge in [0, 0.05) is 46.0 Å². The molecular weight excluding hydrogens is 587 g/mol. The second-order valence-electron chi connectivity index (χ2n) is 13.3. The van der Waals surface area contributed by atoms with E-state index in [2.05, 4.69) is 163 Å². The Morgan fingerprint density at radius 2 is 1.33 bits per heavy atom. The smallest absolute Gasteiger partial charge is 0.144 e. The van der Waals surface area contributed by atoms with Crippen molar-refractivity contribution >= 4 is 38.9 Å². The summed E-state index contributed by atoms with van der Waals surface area (Å²) in [5.41, 5.74) is 12.8. The number of aromatic nitrogens is 4. The van der Waals surface area contributed by atoms with Gasteiger partial charge in [-0.1, -0.05) is 92.7 Å². The summed E-state index contributed by atoms with van der Waals surface area (Å²) in [6.07, 6.45) is 5.84. The molecule has 0 N–H and O–H groups in total. The third kappa shape index (κ3) is 4.10. The zero-order valence-electron chi connectivity index (χ0n) is 27.5. The number of benzene rings is 5. The number of anilines is 3. The standard InChI is InChI=1S/C43H35N5/c1-28-12-11-13-29(2)41(28)46-25-24-45-42(46)30-19-22-35-39(26-30)47(37-17-8-6-15-34(37)43(35,3)4)31-20-21-33-32-14-5-7-16-36(32)48(38(33)27-31)40-18-9-10-23-44-40/h5-27H,1-4H3. The van der Waals surface area contributed by atoms with Crippen LogP contribution in [0.15, 0.2) is 140 Å². The zero-order valence-corrected chi connectivity index (χ0v) is 27.5. The fraction of sp³-hybridized carbons (Fsp3) is 0.116. The first-order valence-corrected chi connectivity index (χ1v) is 16.5. The van der Waals surface area contributed by atoms with E-state index in [0.717, 1.165) is 39.6 Å². The third-order valence-corrected chi connectivity index (χ3v) is 10.1. The highest BCUT2D eigenvalue weighted by atomic mass is 15.2. The highest BCUT2D eigenvalue weighted by molar-refractivity contribution is 6.10. The molecule has 0 saturated heterocycles. The number of pyridine rings is 1. The Morgan fingerprint density at radius 1 is 0.583 bits per heavy atom. The number of imidazole rings is 1. The van der Waals surface area contributed by atoms with E-state index in [9.17, 15) is 0 Å². The Bertz CT molecular complexity index is 2500. The second-order valence-corrected chi connectivity index (χ2v) is 13.3. The van der Waals surface area contributed by atoms with Gasteiger partial charge >= 0.3 is 0 Å². The molecule has 0 amide bonds. The van der Waals surface area contributed by atoms with Gasteiger partial charge in [-0.2, -0.15) is 0 Å². The first-order chi connectivity index (χ1) is 23.4. The van der Waals surface area contributed by atoms with Crippen molar-refractivity contribution in [1.82, 2.24) is 19.1 Å². The number of hydrogen-bond donors (Lipinski definition) is 0. The summed E-state index contributed by atoms with van der Waals surface area (Å²) in [5, 5.41) is 2.42. The molecule has 0 bridgehead atoms. The van der Waals surface area contributed by atoms with Gasteiger partial charge in [0.15, 0.2) is 0 Å².